The van der Waals surface area contributed by atoms with Crippen LogP contribution in [0.25, 0.3) is 0 Å². The summed E-state index contributed by atoms with van der Waals surface area (Å²) in [6.45, 7) is 0.464. The number of aromatic nitrogens is 3. The highest BCUT2D eigenvalue weighted by Crippen LogP contribution is 2.15. The van der Waals surface area contributed by atoms with E-state index in [1.807, 2.05) is 42.5 Å². The van der Waals surface area contributed by atoms with Crippen molar-refractivity contribution in [1.29, 1.82) is 0 Å². The van der Waals surface area contributed by atoms with E-state index in [0.29, 0.717) is 18.4 Å². The molecule has 0 atom stereocenters. The second-order valence-electron chi connectivity index (χ2n) is 4.37. The van der Waals surface area contributed by atoms with E-state index in [-0.39, 0.29) is 5.95 Å². The minimum atomic E-state index is 0.260. The van der Waals surface area contributed by atoms with E-state index in [1.54, 1.807) is 6.26 Å². The molecule has 8 heteroatoms. The Labute approximate surface area is 126 Å². The van der Waals surface area contributed by atoms with Gasteiger partial charge in [0.25, 0.3) is 0 Å². The number of nitrogens with two attached hydrogens (primary N) is 1. The first-order chi connectivity index (χ1) is 10.8. The second-order valence-corrected chi connectivity index (χ2v) is 4.37. The number of benzene rings is 1. The fourth-order valence-corrected chi connectivity index (χ4v) is 1.81. The van der Waals surface area contributed by atoms with Crippen LogP contribution in [-0.4, -0.2) is 15.0 Å². The van der Waals surface area contributed by atoms with Crippen LogP contribution in [0, 0.1) is 0 Å². The summed E-state index contributed by atoms with van der Waals surface area (Å²) in [7, 11) is 0. The number of anilines is 4. The molecule has 0 amide bonds. The Hall–Kier alpha value is -3.13. The monoisotopic (exact) mass is 297 g/mol. The lowest BCUT2D eigenvalue weighted by atomic mass is 10.3. The van der Waals surface area contributed by atoms with Crippen LogP contribution in [0.4, 0.5) is 23.5 Å². The van der Waals surface area contributed by atoms with Crippen molar-refractivity contribution in [3.8, 4) is 0 Å². The fraction of sp³-hybridized carbons (Fsp3) is 0.0714. The minimum Gasteiger partial charge on any atom is -0.467 e. The first kappa shape index (κ1) is 13.8. The molecule has 112 valence electrons. The van der Waals surface area contributed by atoms with Gasteiger partial charge < -0.3 is 15.1 Å². The largest absolute Gasteiger partial charge is 0.467 e. The van der Waals surface area contributed by atoms with Crippen LogP contribution in [0.15, 0.2) is 53.1 Å². The molecule has 0 fully saturated rings. The standard InChI is InChI=1S/C14H15N7O/c15-21-14-19-12(16-9-11-7-4-8-22-11)18-13(20-14)17-10-5-2-1-3-6-10/h1-8H,9,15H2,(H3,16,17,18,19,20,21). The van der Waals surface area contributed by atoms with Crippen molar-refractivity contribution in [2.24, 2.45) is 5.84 Å². The summed E-state index contributed by atoms with van der Waals surface area (Å²) in [4.78, 5) is 12.6. The van der Waals surface area contributed by atoms with Crippen LogP contribution in [-0.2, 0) is 6.54 Å². The summed E-state index contributed by atoms with van der Waals surface area (Å²) in [6.07, 6.45) is 1.61. The van der Waals surface area contributed by atoms with Gasteiger partial charge >= 0.3 is 0 Å². The Morgan fingerprint density at radius 3 is 2.41 bits per heavy atom. The third-order valence-electron chi connectivity index (χ3n) is 2.80. The summed E-state index contributed by atoms with van der Waals surface area (Å²) < 4.78 is 5.25. The Morgan fingerprint density at radius 2 is 1.68 bits per heavy atom. The molecule has 22 heavy (non-hydrogen) atoms. The number of para-hydroxylation sites is 1. The van der Waals surface area contributed by atoms with Crippen LogP contribution in [0.2, 0.25) is 0 Å². The molecule has 0 radical (unpaired) electrons. The van der Waals surface area contributed by atoms with Crippen molar-refractivity contribution in [1.82, 2.24) is 15.0 Å². The van der Waals surface area contributed by atoms with E-state index in [2.05, 4.69) is 31.0 Å². The van der Waals surface area contributed by atoms with E-state index >= 15 is 0 Å². The summed E-state index contributed by atoms with van der Waals surface area (Å²) >= 11 is 0. The zero-order valence-electron chi connectivity index (χ0n) is 11.7. The third-order valence-corrected chi connectivity index (χ3v) is 2.80. The number of hydrazine groups is 1. The zero-order chi connectivity index (χ0) is 15.2. The van der Waals surface area contributed by atoms with Crippen LogP contribution in [0.5, 0.6) is 0 Å². The first-order valence-corrected chi connectivity index (χ1v) is 6.64. The molecule has 2 heterocycles. The summed E-state index contributed by atoms with van der Waals surface area (Å²) in [5.74, 6) is 7.20. The van der Waals surface area contributed by atoms with Gasteiger partial charge in [-0.2, -0.15) is 15.0 Å². The number of nitrogen functional groups attached to an aromatic ring is 1. The molecule has 3 rings (SSSR count). The van der Waals surface area contributed by atoms with Gasteiger partial charge in [-0.05, 0) is 24.3 Å². The number of rotatable bonds is 6. The van der Waals surface area contributed by atoms with Crippen molar-refractivity contribution < 1.29 is 4.42 Å². The Balaban J connectivity index is 1.76. The Morgan fingerprint density at radius 1 is 0.909 bits per heavy atom. The molecule has 1 aromatic carbocycles. The molecule has 0 aliphatic carbocycles. The molecular weight excluding hydrogens is 282 g/mol. The van der Waals surface area contributed by atoms with E-state index in [0.717, 1.165) is 11.4 Å². The Kier molecular flexibility index (Phi) is 4.12. The Bertz CT molecular complexity index is 715. The highest BCUT2D eigenvalue weighted by molar-refractivity contribution is 5.55. The maximum absolute atomic E-state index is 5.39. The molecule has 0 saturated carbocycles. The molecule has 0 unspecified atom stereocenters. The fourth-order valence-electron chi connectivity index (χ4n) is 1.81. The van der Waals surface area contributed by atoms with Gasteiger partial charge in [0, 0.05) is 5.69 Å². The molecule has 0 saturated heterocycles. The predicted molar refractivity (Wildman–Crippen MR) is 83.4 cm³/mol. The summed E-state index contributed by atoms with van der Waals surface area (Å²) in [5.41, 5.74) is 3.29. The second kappa shape index (κ2) is 6.55. The SMILES string of the molecule is NNc1nc(NCc2ccco2)nc(Nc2ccccc2)n1. The van der Waals surface area contributed by atoms with Gasteiger partial charge in [0.15, 0.2) is 0 Å². The maximum atomic E-state index is 5.39. The molecular formula is C14H15N7O. The van der Waals surface area contributed by atoms with Gasteiger partial charge in [0.05, 0.1) is 12.8 Å². The van der Waals surface area contributed by atoms with Gasteiger partial charge in [0.2, 0.25) is 17.8 Å². The van der Waals surface area contributed by atoms with Crippen LogP contribution < -0.4 is 21.9 Å². The van der Waals surface area contributed by atoms with Gasteiger partial charge in [-0.1, -0.05) is 18.2 Å². The van der Waals surface area contributed by atoms with Gasteiger partial charge in [0.1, 0.15) is 5.76 Å². The molecule has 3 aromatic rings. The molecule has 8 nitrogen and oxygen atoms in total. The number of nitrogens with zero attached hydrogens (tertiary/aromatic N) is 3. The lowest BCUT2D eigenvalue weighted by Gasteiger charge is -2.09. The van der Waals surface area contributed by atoms with Gasteiger partial charge in [-0.25, -0.2) is 5.84 Å². The maximum Gasteiger partial charge on any atom is 0.243 e. The van der Waals surface area contributed by atoms with Crippen molar-refractivity contribution in [2.75, 3.05) is 16.1 Å². The molecule has 0 spiro atoms. The van der Waals surface area contributed by atoms with Crippen molar-refractivity contribution in [3.05, 3.63) is 54.5 Å². The molecule has 0 aliphatic heterocycles. The van der Waals surface area contributed by atoms with E-state index in [1.165, 1.54) is 0 Å². The predicted octanol–water partition coefficient (Wildman–Crippen LogP) is 2.11. The lowest BCUT2D eigenvalue weighted by molar-refractivity contribution is 0.517. The molecule has 2 aromatic heterocycles. The molecule has 5 N–H and O–H groups in total. The summed E-state index contributed by atoms with van der Waals surface area (Å²) in [5, 5.41) is 6.15. The van der Waals surface area contributed by atoms with Crippen molar-refractivity contribution in [3.63, 3.8) is 0 Å². The van der Waals surface area contributed by atoms with Crippen LogP contribution in [0.1, 0.15) is 5.76 Å². The number of hydrogen-bond acceptors (Lipinski definition) is 8. The number of hydrogen-bond donors (Lipinski definition) is 4. The van der Waals surface area contributed by atoms with E-state index in [4.69, 9.17) is 10.3 Å². The third kappa shape index (κ3) is 3.49. The number of nitrogens with one attached hydrogen (secondary N) is 3. The van der Waals surface area contributed by atoms with E-state index < -0.39 is 0 Å². The van der Waals surface area contributed by atoms with Crippen LogP contribution >= 0.6 is 0 Å². The lowest BCUT2D eigenvalue weighted by Crippen LogP contribution is -2.14. The number of furan rings is 1. The van der Waals surface area contributed by atoms with Gasteiger partial charge in [-0.15, -0.1) is 0 Å². The normalized spacial score (nSPS) is 10.2. The molecule has 0 aliphatic rings. The minimum absolute atomic E-state index is 0.260. The molecule has 0 bridgehead atoms. The zero-order valence-corrected chi connectivity index (χ0v) is 11.7. The van der Waals surface area contributed by atoms with Crippen molar-refractivity contribution in [2.45, 2.75) is 6.54 Å². The highest BCUT2D eigenvalue weighted by Gasteiger charge is 2.06. The first-order valence-electron chi connectivity index (χ1n) is 6.64. The quantitative estimate of drug-likeness (QED) is 0.404. The topological polar surface area (TPSA) is 114 Å². The van der Waals surface area contributed by atoms with Crippen LogP contribution in [0.3, 0.4) is 0 Å². The average molecular weight is 297 g/mol. The smallest absolute Gasteiger partial charge is 0.243 e. The van der Waals surface area contributed by atoms with E-state index in [9.17, 15) is 0 Å². The highest BCUT2D eigenvalue weighted by atomic mass is 16.3. The van der Waals surface area contributed by atoms with Crippen molar-refractivity contribution >= 4 is 23.5 Å². The summed E-state index contributed by atoms with van der Waals surface area (Å²) in [6, 6.07) is 13.3. The average Bonchev–Trinajstić information content (AvgIpc) is 3.07. The van der Waals surface area contributed by atoms with Gasteiger partial charge in [-0.3, -0.25) is 5.43 Å².